The predicted octanol–water partition coefficient (Wildman–Crippen LogP) is 14.0. The van der Waals surface area contributed by atoms with Crippen molar-refractivity contribution in [2.24, 2.45) is 0 Å². The molecule has 8 aromatic carbocycles. The number of para-hydroxylation sites is 2. The van der Waals surface area contributed by atoms with Gasteiger partial charge >= 0.3 is 0 Å². The van der Waals surface area contributed by atoms with E-state index in [4.69, 9.17) is 8.83 Å². The second-order valence-corrected chi connectivity index (χ2v) is 12.9. The van der Waals surface area contributed by atoms with Crippen LogP contribution in [0.5, 0.6) is 0 Å². The Morgan fingerprint density at radius 3 is 1.49 bits per heavy atom. The van der Waals surface area contributed by atoms with Gasteiger partial charge in [0.1, 0.15) is 22.3 Å². The molecule has 3 heteroatoms. The largest absolute Gasteiger partial charge is 0.456 e. The number of benzene rings is 8. The van der Waals surface area contributed by atoms with Gasteiger partial charge in [-0.3, -0.25) is 0 Å². The minimum atomic E-state index is 0.843. The van der Waals surface area contributed by atoms with Crippen molar-refractivity contribution in [3.63, 3.8) is 0 Å². The van der Waals surface area contributed by atoms with Gasteiger partial charge in [-0.15, -0.1) is 0 Å². The Bertz CT molecular complexity index is 2790. The van der Waals surface area contributed by atoms with Gasteiger partial charge in [-0.25, -0.2) is 0 Å². The summed E-state index contributed by atoms with van der Waals surface area (Å²) in [7, 11) is 0. The molecule has 3 nitrogen and oxygen atoms in total. The zero-order chi connectivity index (χ0) is 33.7. The third-order valence-electron chi connectivity index (χ3n) is 9.84. The van der Waals surface area contributed by atoms with E-state index in [0.717, 1.165) is 94.3 Å². The molecule has 10 aromatic rings. The van der Waals surface area contributed by atoms with Crippen molar-refractivity contribution in [1.29, 1.82) is 0 Å². The van der Waals surface area contributed by atoms with Crippen LogP contribution >= 0.6 is 0 Å². The highest BCUT2D eigenvalue weighted by atomic mass is 16.3. The van der Waals surface area contributed by atoms with Crippen molar-refractivity contribution in [3.05, 3.63) is 188 Å². The number of nitrogens with zero attached hydrogens (tertiary/aromatic N) is 1. The van der Waals surface area contributed by atoms with E-state index in [0.29, 0.717) is 0 Å². The highest BCUT2D eigenvalue weighted by Crippen LogP contribution is 2.49. The lowest BCUT2D eigenvalue weighted by Gasteiger charge is -2.28. The fraction of sp³-hybridized carbons (Fsp3) is 0. The molecule has 0 amide bonds. The van der Waals surface area contributed by atoms with E-state index in [1.807, 2.05) is 18.2 Å². The summed E-state index contributed by atoms with van der Waals surface area (Å²) in [5, 5.41) is 4.26. The highest BCUT2D eigenvalue weighted by Gasteiger charge is 2.25. The quantitative estimate of drug-likeness (QED) is 0.179. The van der Waals surface area contributed by atoms with Crippen LogP contribution in [0.2, 0.25) is 0 Å². The Labute approximate surface area is 295 Å². The van der Waals surface area contributed by atoms with Crippen LogP contribution < -0.4 is 4.90 Å². The van der Waals surface area contributed by atoms with Crippen molar-refractivity contribution in [3.8, 4) is 33.4 Å². The number of furan rings is 2. The Morgan fingerprint density at radius 2 is 0.843 bits per heavy atom. The molecule has 0 saturated carbocycles. The lowest BCUT2D eigenvalue weighted by Crippen LogP contribution is -2.11. The molecule has 51 heavy (non-hydrogen) atoms. The zero-order valence-corrected chi connectivity index (χ0v) is 27.7. The number of hydrogen-bond acceptors (Lipinski definition) is 3. The average molecular weight is 654 g/mol. The molecular formula is C48H31NO2. The molecule has 2 aromatic heterocycles. The smallest absolute Gasteiger partial charge is 0.145 e. The number of anilines is 3. The average Bonchev–Trinajstić information content (AvgIpc) is 3.79. The number of fused-ring (bicyclic) bond motifs is 6. The summed E-state index contributed by atoms with van der Waals surface area (Å²) in [6.07, 6.45) is 0. The monoisotopic (exact) mass is 653 g/mol. The SMILES string of the molecule is c1ccc(-c2cc(-c3ccccc3)cc(N(c3cccc4oc5ccccc5c34)c3ccc(-c4ccccc4)c4oc5ccccc5c34)c2)cc1. The molecule has 0 spiro atoms. The van der Waals surface area contributed by atoms with Gasteiger partial charge in [0.25, 0.3) is 0 Å². The normalized spacial score (nSPS) is 11.5. The molecule has 240 valence electrons. The predicted molar refractivity (Wildman–Crippen MR) is 212 cm³/mol. The van der Waals surface area contributed by atoms with Crippen LogP contribution in [0.25, 0.3) is 77.3 Å². The molecular weight excluding hydrogens is 623 g/mol. The summed E-state index contributed by atoms with van der Waals surface area (Å²) >= 11 is 0. The fourth-order valence-electron chi connectivity index (χ4n) is 7.53. The summed E-state index contributed by atoms with van der Waals surface area (Å²) in [6, 6.07) is 66.2. The Kier molecular flexibility index (Phi) is 6.81. The zero-order valence-electron chi connectivity index (χ0n) is 27.7. The van der Waals surface area contributed by atoms with Gasteiger partial charge in [0, 0.05) is 22.0 Å². The molecule has 0 unspecified atom stereocenters. The van der Waals surface area contributed by atoms with Crippen molar-refractivity contribution < 1.29 is 8.83 Å². The summed E-state index contributed by atoms with van der Waals surface area (Å²) in [6.45, 7) is 0. The minimum Gasteiger partial charge on any atom is -0.456 e. The fourth-order valence-corrected chi connectivity index (χ4v) is 7.53. The van der Waals surface area contributed by atoms with Crippen LogP contribution in [0, 0.1) is 0 Å². The van der Waals surface area contributed by atoms with E-state index in [-0.39, 0.29) is 0 Å². The maximum absolute atomic E-state index is 6.78. The molecule has 0 bridgehead atoms. The lowest BCUT2D eigenvalue weighted by molar-refractivity contribution is 0.669. The van der Waals surface area contributed by atoms with Gasteiger partial charge in [0.2, 0.25) is 0 Å². The van der Waals surface area contributed by atoms with Crippen LogP contribution in [0.4, 0.5) is 17.1 Å². The third-order valence-corrected chi connectivity index (χ3v) is 9.84. The van der Waals surface area contributed by atoms with Gasteiger partial charge in [-0.2, -0.15) is 0 Å². The summed E-state index contributed by atoms with van der Waals surface area (Å²) in [4.78, 5) is 2.40. The molecule has 0 saturated heterocycles. The van der Waals surface area contributed by atoms with Crippen LogP contribution in [0.15, 0.2) is 197 Å². The minimum absolute atomic E-state index is 0.843. The number of rotatable bonds is 6. The molecule has 0 aliphatic carbocycles. The van der Waals surface area contributed by atoms with Gasteiger partial charge in [-0.05, 0) is 82.4 Å². The second-order valence-electron chi connectivity index (χ2n) is 12.9. The van der Waals surface area contributed by atoms with Crippen molar-refractivity contribution in [2.45, 2.75) is 0 Å². The first-order chi connectivity index (χ1) is 25.3. The highest BCUT2D eigenvalue weighted by molar-refractivity contribution is 6.20. The van der Waals surface area contributed by atoms with Crippen LogP contribution in [-0.2, 0) is 0 Å². The first kappa shape index (κ1) is 29.1. The van der Waals surface area contributed by atoms with E-state index in [1.54, 1.807) is 0 Å². The first-order valence-corrected chi connectivity index (χ1v) is 17.3. The molecule has 2 heterocycles. The second kappa shape index (κ2) is 11.9. The van der Waals surface area contributed by atoms with E-state index in [9.17, 15) is 0 Å². The summed E-state index contributed by atoms with van der Waals surface area (Å²) < 4.78 is 13.3. The molecule has 0 aliphatic rings. The first-order valence-electron chi connectivity index (χ1n) is 17.3. The molecule has 0 atom stereocenters. The Balaban J connectivity index is 1.34. The van der Waals surface area contributed by atoms with E-state index in [1.165, 1.54) is 0 Å². The van der Waals surface area contributed by atoms with Crippen molar-refractivity contribution in [2.75, 3.05) is 4.90 Å². The van der Waals surface area contributed by atoms with Crippen molar-refractivity contribution >= 4 is 60.9 Å². The Morgan fingerprint density at radius 1 is 0.333 bits per heavy atom. The van der Waals surface area contributed by atoms with Gasteiger partial charge < -0.3 is 13.7 Å². The molecule has 10 rings (SSSR count). The maximum atomic E-state index is 6.78. The van der Waals surface area contributed by atoms with Gasteiger partial charge in [0.15, 0.2) is 0 Å². The third kappa shape index (κ3) is 4.90. The topological polar surface area (TPSA) is 29.5 Å². The van der Waals surface area contributed by atoms with E-state index >= 15 is 0 Å². The van der Waals surface area contributed by atoms with Crippen LogP contribution in [-0.4, -0.2) is 0 Å². The molecule has 0 aliphatic heterocycles. The summed E-state index contributed by atoms with van der Waals surface area (Å²) in [5.41, 5.74) is 13.2. The van der Waals surface area contributed by atoms with E-state index in [2.05, 4.69) is 175 Å². The Hall–Kier alpha value is -6.84. The molecule has 0 radical (unpaired) electrons. The van der Waals surface area contributed by atoms with Gasteiger partial charge in [0.05, 0.1) is 22.1 Å². The molecule has 0 fully saturated rings. The summed E-state index contributed by atoms with van der Waals surface area (Å²) in [5.74, 6) is 0. The maximum Gasteiger partial charge on any atom is 0.145 e. The van der Waals surface area contributed by atoms with Crippen LogP contribution in [0.1, 0.15) is 0 Å². The van der Waals surface area contributed by atoms with Gasteiger partial charge in [-0.1, -0.05) is 133 Å². The van der Waals surface area contributed by atoms with Crippen LogP contribution in [0.3, 0.4) is 0 Å². The standard InChI is InChI=1S/C48H31NO2/c1-4-15-32(16-5-1)35-29-36(33-17-6-2-7-18-33)31-37(30-35)49(41-23-14-26-45-46(41)39-21-10-12-24-43(39)50-45)42-28-27-38(34-19-8-3-9-20-34)48-47(42)40-22-11-13-25-44(40)51-48/h1-31H. The number of hydrogen-bond donors (Lipinski definition) is 0. The van der Waals surface area contributed by atoms with E-state index < -0.39 is 0 Å². The molecule has 0 N–H and O–H groups in total. The lowest BCUT2D eigenvalue weighted by atomic mass is 9.96. The van der Waals surface area contributed by atoms with Crippen molar-refractivity contribution in [1.82, 2.24) is 0 Å².